The highest BCUT2D eigenvalue weighted by atomic mass is 32.2. The van der Waals surface area contributed by atoms with Gasteiger partial charge in [-0.2, -0.15) is 0 Å². The number of ether oxygens (including phenoxy) is 1. The van der Waals surface area contributed by atoms with Crippen molar-refractivity contribution in [3.05, 3.63) is 59.1 Å². The first kappa shape index (κ1) is 20.0. The van der Waals surface area contributed by atoms with E-state index in [1.165, 1.54) is 23.5 Å². The first-order valence-electron chi connectivity index (χ1n) is 9.35. The number of nitrogens with zero attached hydrogens (tertiary/aromatic N) is 1. The molecule has 29 heavy (non-hydrogen) atoms. The molecule has 9 heteroatoms. The molecular weight excluding hydrogens is 410 g/mol. The van der Waals surface area contributed by atoms with Crippen LogP contribution in [-0.4, -0.2) is 38.6 Å². The van der Waals surface area contributed by atoms with Gasteiger partial charge in [-0.05, 0) is 43.2 Å². The topological polar surface area (TPSA) is 97.4 Å². The number of hydrogen-bond donors (Lipinski definition) is 2. The summed E-state index contributed by atoms with van der Waals surface area (Å²) in [6, 6.07) is 13.8. The molecule has 2 aromatic carbocycles. The number of carbonyl (C=O) groups excluding carboxylic acids is 1. The van der Waals surface area contributed by atoms with Gasteiger partial charge in [0.05, 0.1) is 27.8 Å². The molecule has 0 unspecified atom stereocenters. The third-order valence-corrected chi connectivity index (χ3v) is 7.13. The molecule has 1 fully saturated rings. The molecular formula is C20H21N3O4S2. The van der Waals surface area contributed by atoms with Gasteiger partial charge < -0.3 is 10.1 Å². The first-order chi connectivity index (χ1) is 14.0. The summed E-state index contributed by atoms with van der Waals surface area (Å²) in [4.78, 5) is 17.1. The molecule has 2 N–H and O–H groups in total. The van der Waals surface area contributed by atoms with Crippen molar-refractivity contribution in [3.8, 4) is 0 Å². The average molecular weight is 432 g/mol. The third kappa shape index (κ3) is 4.81. The SMILES string of the molecule is O=C(NCc1nc2ccccc2s1)c1cccc(S(=O)(=O)NC[C@@H]2CCCO2)c1. The van der Waals surface area contributed by atoms with E-state index in [9.17, 15) is 13.2 Å². The molecule has 1 aliphatic rings. The van der Waals surface area contributed by atoms with Crippen molar-refractivity contribution in [2.24, 2.45) is 0 Å². The van der Waals surface area contributed by atoms with Crippen LogP contribution in [0.2, 0.25) is 0 Å². The Morgan fingerprint density at radius 3 is 2.86 bits per heavy atom. The molecule has 1 amide bonds. The predicted octanol–water partition coefficient (Wildman–Crippen LogP) is 2.68. The Balaban J connectivity index is 1.40. The Morgan fingerprint density at radius 1 is 1.21 bits per heavy atom. The summed E-state index contributed by atoms with van der Waals surface area (Å²) >= 11 is 1.52. The van der Waals surface area contributed by atoms with Gasteiger partial charge in [0.25, 0.3) is 5.91 Å². The fourth-order valence-corrected chi connectivity index (χ4v) is 5.17. The van der Waals surface area contributed by atoms with E-state index in [0.29, 0.717) is 6.61 Å². The molecule has 7 nitrogen and oxygen atoms in total. The van der Waals surface area contributed by atoms with Crippen molar-refractivity contribution in [2.75, 3.05) is 13.2 Å². The van der Waals surface area contributed by atoms with E-state index >= 15 is 0 Å². The number of nitrogens with one attached hydrogen (secondary N) is 2. The summed E-state index contributed by atoms with van der Waals surface area (Å²) in [5.41, 5.74) is 1.18. The van der Waals surface area contributed by atoms with E-state index in [4.69, 9.17) is 4.74 Å². The molecule has 1 atom stereocenters. The van der Waals surface area contributed by atoms with Gasteiger partial charge in [0, 0.05) is 18.7 Å². The minimum Gasteiger partial charge on any atom is -0.377 e. The summed E-state index contributed by atoms with van der Waals surface area (Å²) in [5.74, 6) is -0.347. The zero-order chi connectivity index (χ0) is 20.3. The minimum atomic E-state index is -3.71. The molecule has 0 radical (unpaired) electrons. The number of amides is 1. The van der Waals surface area contributed by atoms with Crippen LogP contribution in [0.1, 0.15) is 28.2 Å². The maximum atomic E-state index is 12.5. The van der Waals surface area contributed by atoms with Crippen LogP contribution in [0.15, 0.2) is 53.4 Å². The van der Waals surface area contributed by atoms with Gasteiger partial charge in [-0.25, -0.2) is 18.1 Å². The van der Waals surface area contributed by atoms with Gasteiger partial charge in [0.15, 0.2) is 0 Å². The number of para-hydroxylation sites is 1. The number of sulfonamides is 1. The smallest absolute Gasteiger partial charge is 0.251 e. The number of rotatable bonds is 7. The summed E-state index contributed by atoms with van der Waals surface area (Å²) in [5, 5.41) is 3.60. The van der Waals surface area contributed by atoms with Gasteiger partial charge in [-0.1, -0.05) is 18.2 Å². The summed E-state index contributed by atoms with van der Waals surface area (Å²) in [6.07, 6.45) is 1.69. The van der Waals surface area contributed by atoms with Crippen LogP contribution in [0.25, 0.3) is 10.2 Å². The summed E-state index contributed by atoms with van der Waals surface area (Å²) in [6.45, 7) is 1.18. The van der Waals surface area contributed by atoms with Crippen LogP contribution in [0.4, 0.5) is 0 Å². The van der Waals surface area contributed by atoms with E-state index in [-0.39, 0.29) is 35.6 Å². The maximum absolute atomic E-state index is 12.5. The Hall–Kier alpha value is -2.33. The lowest BCUT2D eigenvalue weighted by Crippen LogP contribution is -2.32. The second kappa shape index (κ2) is 8.58. The molecule has 0 aliphatic carbocycles. The molecule has 1 aromatic heterocycles. The van der Waals surface area contributed by atoms with Gasteiger partial charge in [-0.3, -0.25) is 4.79 Å². The van der Waals surface area contributed by atoms with Gasteiger partial charge in [0.2, 0.25) is 10.0 Å². The monoisotopic (exact) mass is 431 g/mol. The zero-order valence-electron chi connectivity index (χ0n) is 15.6. The van der Waals surface area contributed by atoms with Crippen LogP contribution in [0.5, 0.6) is 0 Å². The fraction of sp³-hybridized carbons (Fsp3) is 0.300. The van der Waals surface area contributed by atoms with Crippen LogP contribution in [0, 0.1) is 0 Å². The molecule has 152 valence electrons. The number of fused-ring (bicyclic) bond motifs is 1. The minimum absolute atomic E-state index is 0.0585. The molecule has 3 aromatic rings. The van der Waals surface area contributed by atoms with E-state index < -0.39 is 10.0 Å². The highest BCUT2D eigenvalue weighted by molar-refractivity contribution is 7.89. The zero-order valence-corrected chi connectivity index (χ0v) is 17.3. The highest BCUT2D eigenvalue weighted by Crippen LogP contribution is 2.21. The number of carbonyl (C=O) groups is 1. The van der Waals surface area contributed by atoms with Crippen molar-refractivity contribution in [1.82, 2.24) is 15.0 Å². The molecule has 4 rings (SSSR count). The fourth-order valence-electron chi connectivity index (χ4n) is 3.15. The average Bonchev–Trinajstić information content (AvgIpc) is 3.40. The van der Waals surface area contributed by atoms with Gasteiger partial charge in [-0.15, -0.1) is 11.3 Å². The Bertz CT molecular complexity index is 1090. The second-order valence-electron chi connectivity index (χ2n) is 6.77. The highest BCUT2D eigenvalue weighted by Gasteiger charge is 2.21. The van der Waals surface area contributed by atoms with Crippen LogP contribution in [-0.2, 0) is 21.3 Å². The second-order valence-corrected chi connectivity index (χ2v) is 9.65. The standard InChI is InChI=1S/C20H21N3O4S2/c24-20(21-13-19-23-17-8-1-2-9-18(17)28-19)14-5-3-7-16(11-14)29(25,26)22-12-15-6-4-10-27-15/h1-3,5,7-9,11,15,22H,4,6,10,12-13H2,(H,21,24)/t15-/m0/s1. The number of benzene rings is 2. The number of thiazole rings is 1. The van der Waals surface area contributed by atoms with E-state index in [0.717, 1.165) is 28.1 Å². The van der Waals surface area contributed by atoms with Crippen molar-refractivity contribution in [2.45, 2.75) is 30.4 Å². The van der Waals surface area contributed by atoms with Crippen LogP contribution in [0.3, 0.4) is 0 Å². The van der Waals surface area contributed by atoms with Crippen LogP contribution < -0.4 is 10.0 Å². The predicted molar refractivity (Wildman–Crippen MR) is 111 cm³/mol. The quantitative estimate of drug-likeness (QED) is 0.599. The summed E-state index contributed by atoms with van der Waals surface area (Å²) < 4.78 is 34.1. The van der Waals surface area contributed by atoms with E-state index in [1.54, 1.807) is 12.1 Å². The molecule has 0 saturated carbocycles. The van der Waals surface area contributed by atoms with E-state index in [1.807, 2.05) is 24.3 Å². The van der Waals surface area contributed by atoms with E-state index in [2.05, 4.69) is 15.0 Å². The number of aromatic nitrogens is 1. The molecule has 1 aliphatic heterocycles. The Kier molecular flexibility index (Phi) is 5.91. The lowest BCUT2D eigenvalue weighted by Gasteiger charge is -2.12. The maximum Gasteiger partial charge on any atom is 0.251 e. The lowest BCUT2D eigenvalue weighted by molar-refractivity contribution is 0.0950. The third-order valence-electron chi connectivity index (χ3n) is 4.67. The van der Waals surface area contributed by atoms with Crippen molar-refractivity contribution in [3.63, 3.8) is 0 Å². The normalized spacial score (nSPS) is 16.9. The van der Waals surface area contributed by atoms with Crippen molar-refractivity contribution >= 4 is 37.5 Å². The molecule has 2 heterocycles. The molecule has 0 spiro atoms. The Labute approximate surface area is 173 Å². The lowest BCUT2D eigenvalue weighted by atomic mass is 10.2. The van der Waals surface area contributed by atoms with Crippen LogP contribution >= 0.6 is 11.3 Å². The first-order valence-corrected chi connectivity index (χ1v) is 11.7. The molecule has 1 saturated heterocycles. The summed E-state index contributed by atoms with van der Waals surface area (Å²) in [7, 11) is -3.71. The van der Waals surface area contributed by atoms with Gasteiger partial charge >= 0.3 is 0 Å². The Morgan fingerprint density at radius 2 is 2.07 bits per heavy atom. The van der Waals surface area contributed by atoms with Crippen molar-refractivity contribution in [1.29, 1.82) is 0 Å². The van der Waals surface area contributed by atoms with Crippen molar-refractivity contribution < 1.29 is 17.9 Å². The largest absolute Gasteiger partial charge is 0.377 e. The number of hydrogen-bond acceptors (Lipinski definition) is 6. The van der Waals surface area contributed by atoms with Gasteiger partial charge in [0.1, 0.15) is 5.01 Å². The molecule has 0 bridgehead atoms.